The molecule has 1 aliphatic carbocycles. The maximum Gasteiger partial charge on any atom is 0.253 e. The second kappa shape index (κ2) is 7.73. The van der Waals surface area contributed by atoms with E-state index in [2.05, 4.69) is 30.9 Å². The average Bonchev–Trinajstić information content (AvgIpc) is 3.62. The predicted molar refractivity (Wildman–Crippen MR) is 111 cm³/mol. The van der Waals surface area contributed by atoms with Crippen LogP contribution in [0.25, 0.3) is 11.3 Å². The summed E-state index contributed by atoms with van der Waals surface area (Å²) in [5.74, 6) is 2.16. The molecule has 0 amide bonds. The van der Waals surface area contributed by atoms with E-state index in [9.17, 15) is 4.79 Å². The molecule has 0 bridgehead atoms. The highest BCUT2D eigenvalue weighted by atomic mass is 16.1. The van der Waals surface area contributed by atoms with Crippen LogP contribution in [0.3, 0.4) is 0 Å². The Labute approximate surface area is 169 Å². The van der Waals surface area contributed by atoms with Gasteiger partial charge in [-0.05, 0) is 43.7 Å². The zero-order valence-electron chi connectivity index (χ0n) is 16.3. The van der Waals surface area contributed by atoms with Gasteiger partial charge in [-0.15, -0.1) is 0 Å². The van der Waals surface area contributed by atoms with Crippen molar-refractivity contribution in [1.82, 2.24) is 24.5 Å². The van der Waals surface area contributed by atoms with E-state index in [0.717, 1.165) is 37.3 Å². The molecule has 0 N–H and O–H groups in total. The molecule has 2 fully saturated rings. The van der Waals surface area contributed by atoms with Crippen LogP contribution in [0, 0.1) is 5.92 Å². The fourth-order valence-corrected chi connectivity index (χ4v) is 4.00. The standard InChI is InChI=1S/C22H24N6O/c29-22-12-20(18-3-7-23-8-4-18)26-15-28(22)13-16-5-9-27(10-6-16)21-11-19(17-1-2-17)24-14-25-21/h3-4,7-8,11-12,14-17H,1-2,5-6,9-10,13H2. The molecule has 7 heteroatoms. The number of rotatable bonds is 5. The van der Waals surface area contributed by atoms with E-state index in [1.54, 1.807) is 35.7 Å². The SMILES string of the molecule is O=c1cc(-c2ccncc2)ncn1CC1CCN(c2cc(C3CC3)ncn2)CC1. The number of hydrogen-bond donors (Lipinski definition) is 0. The van der Waals surface area contributed by atoms with Crippen molar-refractivity contribution < 1.29 is 0 Å². The molecule has 3 aromatic heterocycles. The molecule has 29 heavy (non-hydrogen) atoms. The molecule has 5 rings (SSSR count). The van der Waals surface area contributed by atoms with Crippen molar-refractivity contribution in [3.05, 3.63) is 65.4 Å². The van der Waals surface area contributed by atoms with Crippen LogP contribution < -0.4 is 10.5 Å². The van der Waals surface area contributed by atoms with Crippen LogP contribution in [0.4, 0.5) is 5.82 Å². The summed E-state index contributed by atoms with van der Waals surface area (Å²) in [7, 11) is 0. The van der Waals surface area contributed by atoms with Crippen LogP contribution in [-0.2, 0) is 6.54 Å². The topological polar surface area (TPSA) is 76.8 Å². The summed E-state index contributed by atoms with van der Waals surface area (Å²) in [6.07, 6.45) is 11.4. The van der Waals surface area contributed by atoms with Gasteiger partial charge in [0.15, 0.2) is 0 Å². The van der Waals surface area contributed by atoms with Gasteiger partial charge < -0.3 is 4.90 Å². The van der Waals surface area contributed by atoms with Crippen LogP contribution in [0.1, 0.15) is 37.3 Å². The summed E-state index contributed by atoms with van der Waals surface area (Å²) < 4.78 is 1.74. The van der Waals surface area contributed by atoms with Gasteiger partial charge in [-0.3, -0.25) is 14.3 Å². The summed E-state index contributed by atoms with van der Waals surface area (Å²) in [6, 6.07) is 7.50. The van der Waals surface area contributed by atoms with Crippen LogP contribution in [0.5, 0.6) is 0 Å². The molecule has 0 radical (unpaired) electrons. The Morgan fingerprint density at radius 2 is 1.76 bits per heavy atom. The molecule has 4 heterocycles. The number of pyridine rings is 1. The number of nitrogens with zero attached hydrogens (tertiary/aromatic N) is 6. The van der Waals surface area contributed by atoms with Crippen LogP contribution >= 0.6 is 0 Å². The highest BCUT2D eigenvalue weighted by Gasteiger charge is 2.27. The Kier molecular flexibility index (Phi) is 4.79. The monoisotopic (exact) mass is 388 g/mol. The lowest BCUT2D eigenvalue weighted by atomic mass is 9.96. The second-order valence-electron chi connectivity index (χ2n) is 8.01. The van der Waals surface area contributed by atoms with Gasteiger partial charge in [0, 0.05) is 61.3 Å². The highest BCUT2D eigenvalue weighted by Crippen LogP contribution is 2.39. The minimum Gasteiger partial charge on any atom is -0.356 e. The summed E-state index contributed by atoms with van der Waals surface area (Å²) in [4.78, 5) is 32.3. The van der Waals surface area contributed by atoms with Gasteiger partial charge in [0.2, 0.25) is 0 Å². The number of hydrogen-bond acceptors (Lipinski definition) is 6. The van der Waals surface area contributed by atoms with E-state index in [1.165, 1.54) is 18.5 Å². The van der Waals surface area contributed by atoms with Crippen LogP contribution in [-0.4, -0.2) is 37.6 Å². The smallest absolute Gasteiger partial charge is 0.253 e. The Morgan fingerprint density at radius 1 is 0.966 bits per heavy atom. The van der Waals surface area contributed by atoms with E-state index < -0.39 is 0 Å². The largest absolute Gasteiger partial charge is 0.356 e. The summed E-state index contributed by atoms with van der Waals surface area (Å²) in [6.45, 7) is 2.64. The normalized spacial score (nSPS) is 17.4. The van der Waals surface area contributed by atoms with E-state index in [0.29, 0.717) is 24.1 Å². The predicted octanol–water partition coefficient (Wildman–Crippen LogP) is 2.89. The summed E-state index contributed by atoms with van der Waals surface area (Å²) >= 11 is 0. The molecule has 2 aliphatic rings. The van der Waals surface area contributed by atoms with E-state index in [-0.39, 0.29) is 5.56 Å². The molecule has 0 spiro atoms. The van der Waals surface area contributed by atoms with Gasteiger partial charge in [-0.2, -0.15) is 0 Å². The third-order valence-corrected chi connectivity index (χ3v) is 5.92. The van der Waals surface area contributed by atoms with E-state index in [4.69, 9.17) is 0 Å². The van der Waals surface area contributed by atoms with Gasteiger partial charge >= 0.3 is 0 Å². The molecule has 1 saturated carbocycles. The van der Waals surface area contributed by atoms with Gasteiger partial charge in [0.05, 0.1) is 12.0 Å². The number of aromatic nitrogens is 5. The molecule has 0 atom stereocenters. The van der Waals surface area contributed by atoms with Crippen molar-refractivity contribution in [2.24, 2.45) is 5.92 Å². The van der Waals surface area contributed by atoms with Crippen molar-refractivity contribution in [2.45, 2.75) is 38.1 Å². The fraction of sp³-hybridized carbons (Fsp3) is 0.409. The van der Waals surface area contributed by atoms with E-state index >= 15 is 0 Å². The van der Waals surface area contributed by atoms with Crippen molar-refractivity contribution in [1.29, 1.82) is 0 Å². The molecule has 7 nitrogen and oxygen atoms in total. The second-order valence-corrected chi connectivity index (χ2v) is 8.01. The van der Waals surface area contributed by atoms with Gasteiger partial charge in [-0.25, -0.2) is 15.0 Å². The lowest BCUT2D eigenvalue weighted by Crippen LogP contribution is -2.36. The third kappa shape index (κ3) is 4.04. The molecule has 1 saturated heterocycles. The van der Waals surface area contributed by atoms with Crippen molar-refractivity contribution in [2.75, 3.05) is 18.0 Å². The summed E-state index contributed by atoms with van der Waals surface area (Å²) in [5.41, 5.74) is 2.79. The zero-order valence-corrected chi connectivity index (χ0v) is 16.3. The molecule has 148 valence electrons. The quantitative estimate of drug-likeness (QED) is 0.669. The van der Waals surface area contributed by atoms with Crippen LogP contribution in [0.2, 0.25) is 0 Å². The Balaban J connectivity index is 1.22. The third-order valence-electron chi connectivity index (χ3n) is 5.92. The Morgan fingerprint density at radius 3 is 2.48 bits per heavy atom. The fourth-order valence-electron chi connectivity index (χ4n) is 4.00. The first-order valence-corrected chi connectivity index (χ1v) is 10.3. The average molecular weight is 388 g/mol. The zero-order chi connectivity index (χ0) is 19.6. The Hall–Kier alpha value is -3.09. The number of anilines is 1. The van der Waals surface area contributed by atoms with Crippen molar-refractivity contribution >= 4 is 5.82 Å². The van der Waals surface area contributed by atoms with Crippen LogP contribution in [0.15, 0.2) is 54.1 Å². The molecule has 1 aliphatic heterocycles. The molecular formula is C22H24N6O. The summed E-state index contributed by atoms with van der Waals surface area (Å²) in [5, 5.41) is 0. The van der Waals surface area contributed by atoms with Crippen molar-refractivity contribution in [3.63, 3.8) is 0 Å². The lowest BCUT2D eigenvalue weighted by molar-refractivity contribution is 0.350. The first-order chi connectivity index (χ1) is 14.3. The molecular weight excluding hydrogens is 364 g/mol. The molecule has 0 aromatic carbocycles. The minimum absolute atomic E-state index is 0.000817. The number of piperidine rings is 1. The minimum atomic E-state index is -0.000817. The Bertz CT molecular complexity index is 1040. The van der Waals surface area contributed by atoms with E-state index in [1.807, 2.05) is 12.1 Å². The molecule has 3 aromatic rings. The lowest BCUT2D eigenvalue weighted by Gasteiger charge is -2.33. The highest BCUT2D eigenvalue weighted by molar-refractivity contribution is 5.57. The van der Waals surface area contributed by atoms with Gasteiger partial charge in [0.25, 0.3) is 5.56 Å². The maximum atomic E-state index is 12.6. The first-order valence-electron chi connectivity index (χ1n) is 10.3. The maximum absolute atomic E-state index is 12.6. The van der Waals surface area contributed by atoms with Gasteiger partial charge in [-0.1, -0.05) is 0 Å². The first kappa shape index (κ1) is 18.0. The van der Waals surface area contributed by atoms with Crippen molar-refractivity contribution in [3.8, 4) is 11.3 Å². The molecule has 0 unspecified atom stereocenters. The van der Waals surface area contributed by atoms with Gasteiger partial charge in [0.1, 0.15) is 12.1 Å².